The molecule has 0 aliphatic carbocycles. The molecule has 8 heteroatoms. The molecule has 0 fully saturated rings. The van der Waals surface area contributed by atoms with E-state index in [0.717, 1.165) is 12.0 Å². The Kier molecular flexibility index (Phi) is 5.64. The van der Waals surface area contributed by atoms with Gasteiger partial charge >= 0.3 is 0 Å². The molecule has 1 aromatic heterocycles. The molecule has 0 bridgehead atoms. The van der Waals surface area contributed by atoms with Crippen molar-refractivity contribution in [2.24, 2.45) is 0 Å². The number of halogens is 2. The van der Waals surface area contributed by atoms with Gasteiger partial charge in [-0.05, 0) is 41.5 Å². The van der Waals surface area contributed by atoms with Gasteiger partial charge in [-0.1, -0.05) is 35.2 Å². The summed E-state index contributed by atoms with van der Waals surface area (Å²) in [4.78, 5) is 0. The van der Waals surface area contributed by atoms with E-state index >= 15 is 0 Å². The molecular weight excluding hydrogens is 313 g/mol. The predicted octanol–water partition coefficient (Wildman–Crippen LogP) is 3.40. The topological polar surface area (TPSA) is 64.9 Å². The van der Waals surface area contributed by atoms with Crippen LogP contribution in [0.3, 0.4) is 0 Å². The van der Waals surface area contributed by atoms with E-state index in [1.165, 1.54) is 0 Å². The Hall–Kier alpha value is -1.53. The van der Waals surface area contributed by atoms with E-state index in [4.69, 9.17) is 27.9 Å². The summed E-state index contributed by atoms with van der Waals surface area (Å²) in [6, 6.07) is 3.65. The Bertz CT molecular complexity index is 579. The Morgan fingerprint density at radius 3 is 2.57 bits per heavy atom. The van der Waals surface area contributed by atoms with Crippen LogP contribution in [0, 0.1) is 0 Å². The number of rotatable bonds is 7. The van der Waals surface area contributed by atoms with Crippen molar-refractivity contribution in [3.8, 4) is 5.75 Å². The first-order valence-electron chi connectivity index (χ1n) is 6.76. The van der Waals surface area contributed by atoms with Crippen LogP contribution in [0.2, 0.25) is 10.0 Å². The zero-order valence-corrected chi connectivity index (χ0v) is 13.4. The van der Waals surface area contributed by atoms with Gasteiger partial charge in [0.25, 0.3) is 0 Å². The minimum atomic E-state index is 0.503. The van der Waals surface area contributed by atoms with Crippen molar-refractivity contribution < 1.29 is 4.74 Å². The third-order valence-electron chi connectivity index (χ3n) is 2.79. The molecule has 0 atom stereocenters. The van der Waals surface area contributed by atoms with Gasteiger partial charge in [-0.25, -0.2) is 4.68 Å². The molecule has 0 saturated heterocycles. The molecule has 21 heavy (non-hydrogen) atoms. The number of hydrogen-bond acceptors (Lipinski definition) is 5. The number of aromatic nitrogens is 4. The molecule has 2 rings (SSSR count). The maximum Gasteiger partial charge on any atom is 0.243 e. The molecular formula is C13H17Cl2N5O. The van der Waals surface area contributed by atoms with E-state index in [1.54, 1.807) is 4.68 Å². The molecule has 1 heterocycles. The average molecular weight is 330 g/mol. The van der Waals surface area contributed by atoms with Crippen LogP contribution in [0.1, 0.15) is 25.8 Å². The normalized spacial score (nSPS) is 10.7. The van der Waals surface area contributed by atoms with E-state index in [2.05, 4.69) is 20.8 Å². The fraction of sp³-hybridized carbons (Fsp3) is 0.462. The molecule has 0 radical (unpaired) electrons. The van der Waals surface area contributed by atoms with Crippen LogP contribution in [0.25, 0.3) is 0 Å². The van der Waals surface area contributed by atoms with Crippen molar-refractivity contribution >= 4 is 29.2 Å². The lowest BCUT2D eigenvalue weighted by molar-refractivity contribution is 0.318. The number of tetrazole rings is 1. The molecule has 0 aliphatic rings. The van der Waals surface area contributed by atoms with Crippen LogP contribution in [0.15, 0.2) is 12.1 Å². The molecule has 0 saturated carbocycles. The molecule has 0 aliphatic heterocycles. The fourth-order valence-corrected chi connectivity index (χ4v) is 2.42. The second-order valence-electron chi connectivity index (χ2n) is 4.41. The summed E-state index contributed by atoms with van der Waals surface area (Å²) in [5.74, 6) is 1.14. The van der Waals surface area contributed by atoms with Gasteiger partial charge < -0.3 is 10.1 Å². The SMILES string of the molecule is CCCOc1c(Cl)cc(CNc2nnnn2CC)cc1Cl. The van der Waals surface area contributed by atoms with Gasteiger partial charge in [-0.15, -0.1) is 0 Å². The number of benzene rings is 1. The molecule has 0 spiro atoms. The van der Waals surface area contributed by atoms with Crippen LogP contribution >= 0.6 is 23.2 Å². The standard InChI is InChI=1S/C13H17Cl2N5O/c1-3-5-21-12-10(14)6-9(7-11(12)15)8-16-13-17-18-19-20(13)4-2/h6-7H,3-5,8H2,1-2H3,(H,16,17,19). The fourth-order valence-electron chi connectivity index (χ4n) is 1.78. The quantitative estimate of drug-likeness (QED) is 0.843. The lowest BCUT2D eigenvalue weighted by atomic mass is 10.2. The van der Waals surface area contributed by atoms with E-state index in [9.17, 15) is 0 Å². The lowest BCUT2D eigenvalue weighted by Crippen LogP contribution is -2.08. The molecule has 114 valence electrons. The first-order chi connectivity index (χ1) is 10.2. The summed E-state index contributed by atoms with van der Waals surface area (Å²) in [7, 11) is 0. The highest BCUT2D eigenvalue weighted by atomic mass is 35.5. The van der Waals surface area contributed by atoms with Crippen molar-refractivity contribution in [2.75, 3.05) is 11.9 Å². The van der Waals surface area contributed by atoms with E-state index in [0.29, 0.717) is 41.4 Å². The minimum absolute atomic E-state index is 0.503. The van der Waals surface area contributed by atoms with Gasteiger partial charge in [0, 0.05) is 13.1 Å². The molecule has 0 amide bonds. The Balaban J connectivity index is 2.07. The molecule has 1 N–H and O–H groups in total. The summed E-state index contributed by atoms with van der Waals surface area (Å²) in [5.41, 5.74) is 0.930. The van der Waals surface area contributed by atoms with E-state index in [-0.39, 0.29) is 0 Å². The third kappa shape index (κ3) is 3.98. The summed E-state index contributed by atoms with van der Waals surface area (Å²) >= 11 is 12.4. The Morgan fingerprint density at radius 1 is 1.24 bits per heavy atom. The zero-order chi connectivity index (χ0) is 15.2. The van der Waals surface area contributed by atoms with Crippen molar-refractivity contribution in [1.82, 2.24) is 20.2 Å². The highest BCUT2D eigenvalue weighted by Gasteiger charge is 2.10. The number of hydrogen-bond donors (Lipinski definition) is 1. The molecule has 6 nitrogen and oxygen atoms in total. The van der Waals surface area contributed by atoms with Crippen molar-refractivity contribution in [3.63, 3.8) is 0 Å². The number of ether oxygens (including phenoxy) is 1. The van der Waals surface area contributed by atoms with Gasteiger partial charge in [-0.3, -0.25) is 0 Å². The average Bonchev–Trinajstić information content (AvgIpc) is 2.92. The lowest BCUT2D eigenvalue weighted by Gasteiger charge is -2.12. The first-order valence-corrected chi connectivity index (χ1v) is 7.52. The first kappa shape index (κ1) is 15.9. The summed E-state index contributed by atoms with van der Waals surface area (Å²) in [6.07, 6.45) is 0.898. The Morgan fingerprint density at radius 2 is 1.95 bits per heavy atom. The van der Waals surface area contributed by atoms with Gasteiger partial charge in [-0.2, -0.15) is 0 Å². The van der Waals surface area contributed by atoms with E-state index in [1.807, 2.05) is 26.0 Å². The second kappa shape index (κ2) is 7.47. The van der Waals surface area contributed by atoms with Gasteiger partial charge in [0.1, 0.15) is 0 Å². The Labute approximate surface area is 133 Å². The molecule has 1 aromatic carbocycles. The summed E-state index contributed by atoms with van der Waals surface area (Å²) in [5, 5.41) is 15.5. The predicted molar refractivity (Wildman–Crippen MR) is 83.1 cm³/mol. The van der Waals surface area contributed by atoms with Crippen molar-refractivity contribution in [3.05, 3.63) is 27.7 Å². The zero-order valence-electron chi connectivity index (χ0n) is 11.9. The highest BCUT2D eigenvalue weighted by Crippen LogP contribution is 2.34. The number of nitrogens with zero attached hydrogens (tertiary/aromatic N) is 4. The second-order valence-corrected chi connectivity index (χ2v) is 5.22. The van der Waals surface area contributed by atoms with Crippen LogP contribution < -0.4 is 10.1 Å². The van der Waals surface area contributed by atoms with E-state index < -0.39 is 0 Å². The van der Waals surface area contributed by atoms with Crippen LogP contribution in [-0.2, 0) is 13.1 Å². The minimum Gasteiger partial charge on any atom is -0.490 e. The van der Waals surface area contributed by atoms with Crippen molar-refractivity contribution in [1.29, 1.82) is 0 Å². The molecule has 2 aromatic rings. The van der Waals surface area contributed by atoms with Gasteiger partial charge in [0.2, 0.25) is 5.95 Å². The largest absolute Gasteiger partial charge is 0.490 e. The van der Waals surface area contributed by atoms with Crippen LogP contribution in [-0.4, -0.2) is 26.8 Å². The summed E-state index contributed by atoms with van der Waals surface area (Å²) < 4.78 is 7.21. The summed E-state index contributed by atoms with van der Waals surface area (Å²) in [6.45, 7) is 5.80. The monoisotopic (exact) mass is 329 g/mol. The van der Waals surface area contributed by atoms with Gasteiger partial charge in [0.15, 0.2) is 5.75 Å². The van der Waals surface area contributed by atoms with Crippen LogP contribution in [0.5, 0.6) is 5.75 Å². The molecule has 0 unspecified atom stereocenters. The third-order valence-corrected chi connectivity index (χ3v) is 3.35. The maximum atomic E-state index is 6.21. The number of nitrogens with one attached hydrogen (secondary N) is 1. The number of anilines is 1. The highest BCUT2D eigenvalue weighted by molar-refractivity contribution is 6.37. The van der Waals surface area contributed by atoms with Crippen molar-refractivity contribution in [2.45, 2.75) is 33.4 Å². The van der Waals surface area contributed by atoms with Crippen LogP contribution in [0.4, 0.5) is 5.95 Å². The smallest absolute Gasteiger partial charge is 0.243 e. The van der Waals surface area contributed by atoms with Gasteiger partial charge in [0.05, 0.1) is 16.7 Å². The maximum absolute atomic E-state index is 6.21. The number of aryl methyl sites for hydroxylation is 1.